The van der Waals surface area contributed by atoms with E-state index in [-0.39, 0.29) is 23.8 Å². The molecule has 9 heteroatoms. The number of fused-ring (bicyclic) bond motifs is 1. The highest BCUT2D eigenvalue weighted by Crippen LogP contribution is 2.21. The fourth-order valence-electron chi connectivity index (χ4n) is 3.57. The molecule has 0 bridgehead atoms. The van der Waals surface area contributed by atoms with Crippen LogP contribution in [0.4, 0.5) is 0 Å². The normalized spacial score (nSPS) is 17.7. The molecule has 4 rings (SSSR count). The molecule has 0 unspecified atom stereocenters. The van der Waals surface area contributed by atoms with Crippen molar-refractivity contribution in [3.63, 3.8) is 0 Å². The fourth-order valence-corrected chi connectivity index (χ4v) is 3.57. The van der Waals surface area contributed by atoms with Crippen molar-refractivity contribution < 1.29 is 9.59 Å². The van der Waals surface area contributed by atoms with Gasteiger partial charge in [-0.1, -0.05) is 6.07 Å². The summed E-state index contributed by atoms with van der Waals surface area (Å²) >= 11 is 0. The maximum Gasteiger partial charge on any atom is 0.272 e. The Morgan fingerprint density at radius 2 is 2.21 bits per heavy atom. The van der Waals surface area contributed by atoms with Crippen LogP contribution in [-0.4, -0.2) is 42.8 Å². The second kappa shape index (κ2) is 7.50. The van der Waals surface area contributed by atoms with Gasteiger partial charge in [0.2, 0.25) is 11.8 Å². The van der Waals surface area contributed by atoms with Crippen LogP contribution in [0.25, 0.3) is 5.65 Å². The van der Waals surface area contributed by atoms with Gasteiger partial charge in [-0.25, -0.2) is 9.50 Å². The van der Waals surface area contributed by atoms with Crippen LogP contribution in [0.2, 0.25) is 0 Å². The molecule has 2 amide bonds. The van der Waals surface area contributed by atoms with Gasteiger partial charge in [0.25, 0.3) is 5.56 Å². The molecule has 0 radical (unpaired) electrons. The molecule has 4 heterocycles. The highest BCUT2D eigenvalue weighted by atomic mass is 16.2. The first kappa shape index (κ1) is 18.9. The Hall–Kier alpha value is -3.49. The van der Waals surface area contributed by atoms with Gasteiger partial charge in [0.05, 0.1) is 17.7 Å². The molecule has 150 valence electrons. The Labute approximate surface area is 166 Å². The molecule has 0 aliphatic carbocycles. The highest BCUT2D eigenvalue weighted by Gasteiger charge is 2.34. The second-order valence-corrected chi connectivity index (χ2v) is 7.42. The topological polar surface area (TPSA) is 112 Å². The minimum atomic E-state index is -0.446. The summed E-state index contributed by atoms with van der Waals surface area (Å²) in [5.41, 5.74) is 2.50. The average Bonchev–Trinajstić information content (AvgIpc) is 3.25. The van der Waals surface area contributed by atoms with Crippen molar-refractivity contribution in [1.82, 2.24) is 29.8 Å². The molecule has 9 nitrogen and oxygen atoms in total. The van der Waals surface area contributed by atoms with E-state index >= 15 is 0 Å². The maximum absolute atomic E-state index is 12.7. The first-order valence-corrected chi connectivity index (χ1v) is 9.47. The van der Waals surface area contributed by atoms with Gasteiger partial charge in [0, 0.05) is 49.7 Å². The predicted molar refractivity (Wildman–Crippen MR) is 105 cm³/mol. The quantitative estimate of drug-likeness (QED) is 0.669. The fraction of sp³-hybridized carbons (Fsp3) is 0.350. The average molecular weight is 394 g/mol. The van der Waals surface area contributed by atoms with Gasteiger partial charge in [-0.3, -0.25) is 24.5 Å². The molecule has 1 aliphatic heterocycles. The molecular weight excluding hydrogens is 372 g/mol. The van der Waals surface area contributed by atoms with E-state index < -0.39 is 12.0 Å². The van der Waals surface area contributed by atoms with Gasteiger partial charge in [-0.2, -0.15) is 0 Å². The highest BCUT2D eigenvalue weighted by molar-refractivity contribution is 5.89. The number of aryl methyl sites for hydroxylation is 1. The zero-order valence-electron chi connectivity index (χ0n) is 16.3. The van der Waals surface area contributed by atoms with Crippen molar-refractivity contribution in [2.45, 2.75) is 32.9 Å². The van der Waals surface area contributed by atoms with Crippen LogP contribution in [0.15, 0.2) is 41.5 Å². The lowest BCUT2D eigenvalue weighted by Crippen LogP contribution is -2.35. The number of hydrogen-bond donors (Lipinski definition) is 2. The molecule has 2 N–H and O–H groups in total. The Kier molecular flexibility index (Phi) is 4.87. The third kappa shape index (κ3) is 3.89. The first-order chi connectivity index (χ1) is 13.9. The zero-order valence-corrected chi connectivity index (χ0v) is 16.3. The van der Waals surface area contributed by atoms with Crippen LogP contribution >= 0.6 is 0 Å². The lowest BCUT2D eigenvalue weighted by atomic mass is 10.1. The van der Waals surface area contributed by atoms with Crippen molar-refractivity contribution in [3.8, 4) is 0 Å². The summed E-state index contributed by atoms with van der Waals surface area (Å²) in [6, 6.07) is 6.45. The first-order valence-electron chi connectivity index (χ1n) is 9.47. The smallest absolute Gasteiger partial charge is 0.272 e. The maximum atomic E-state index is 12.7. The Morgan fingerprint density at radius 1 is 1.38 bits per heavy atom. The van der Waals surface area contributed by atoms with E-state index in [9.17, 15) is 14.4 Å². The predicted octanol–water partition coefficient (Wildman–Crippen LogP) is 0.952. The van der Waals surface area contributed by atoms with Crippen molar-refractivity contribution in [3.05, 3.63) is 64.0 Å². The summed E-state index contributed by atoms with van der Waals surface area (Å²) in [6.07, 6.45) is 3.57. The van der Waals surface area contributed by atoms with Crippen molar-refractivity contribution >= 4 is 17.5 Å². The van der Waals surface area contributed by atoms with Crippen LogP contribution < -0.4 is 10.9 Å². The monoisotopic (exact) mass is 394 g/mol. The van der Waals surface area contributed by atoms with Crippen molar-refractivity contribution in [1.29, 1.82) is 0 Å². The van der Waals surface area contributed by atoms with Gasteiger partial charge in [0.15, 0.2) is 5.65 Å². The molecule has 1 saturated heterocycles. The van der Waals surface area contributed by atoms with E-state index in [0.29, 0.717) is 24.4 Å². The van der Waals surface area contributed by atoms with Crippen LogP contribution in [0.5, 0.6) is 0 Å². The van der Waals surface area contributed by atoms with Crippen molar-refractivity contribution in [2.75, 3.05) is 6.54 Å². The SMILES string of the molecule is Cc1cc2nc([C@H](C)NC(=O)[C@@H]3CC(=O)N(Cc4cccnc4)C3)cc(=O)n2[nH]1. The number of carbonyl (C=O) groups excluding carboxylic acids is 2. The Balaban J connectivity index is 1.42. The lowest BCUT2D eigenvalue weighted by molar-refractivity contribution is -0.129. The zero-order chi connectivity index (χ0) is 20.5. The van der Waals surface area contributed by atoms with E-state index in [1.807, 2.05) is 19.1 Å². The largest absolute Gasteiger partial charge is 0.348 e. The minimum Gasteiger partial charge on any atom is -0.348 e. The summed E-state index contributed by atoms with van der Waals surface area (Å²) in [6.45, 7) is 4.42. The number of hydrogen-bond acceptors (Lipinski definition) is 5. The number of nitrogens with one attached hydrogen (secondary N) is 2. The van der Waals surface area contributed by atoms with Gasteiger partial charge in [0.1, 0.15) is 0 Å². The molecule has 0 saturated carbocycles. The summed E-state index contributed by atoms with van der Waals surface area (Å²) in [4.78, 5) is 47.4. The molecule has 29 heavy (non-hydrogen) atoms. The summed E-state index contributed by atoms with van der Waals surface area (Å²) in [5, 5.41) is 5.81. The lowest BCUT2D eigenvalue weighted by Gasteiger charge is -2.18. The number of pyridine rings is 1. The molecule has 1 aliphatic rings. The third-order valence-electron chi connectivity index (χ3n) is 5.08. The Bertz CT molecular complexity index is 1120. The number of nitrogens with zero attached hydrogens (tertiary/aromatic N) is 4. The number of likely N-dealkylation sites (tertiary alicyclic amines) is 1. The van der Waals surface area contributed by atoms with E-state index in [1.165, 1.54) is 10.6 Å². The van der Waals surface area contributed by atoms with Crippen molar-refractivity contribution in [2.24, 2.45) is 5.92 Å². The van der Waals surface area contributed by atoms with Gasteiger partial charge in [-0.05, 0) is 25.5 Å². The standard InChI is InChI=1S/C20H22N6O3/c1-12-6-17-23-16(8-19(28)26(17)24-12)13(2)22-20(29)15-7-18(27)25(11-15)10-14-4-3-5-21-9-14/h3-6,8-9,13,15,24H,7,10-11H2,1-2H3,(H,22,29)/t13-,15+/m0/s1. The number of aromatic amines is 1. The molecule has 1 fully saturated rings. The number of rotatable bonds is 5. The molecule has 0 aromatic carbocycles. The van der Waals surface area contributed by atoms with Gasteiger partial charge >= 0.3 is 0 Å². The Morgan fingerprint density at radius 3 is 2.97 bits per heavy atom. The van der Waals surface area contributed by atoms with Crippen LogP contribution in [0, 0.1) is 12.8 Å². The summed E-state index contributed by atoms with van der Waals surface area (Å²) in [7, 11) is 0. The van der Waals surface area contributed by atoms with Crippen LogP contribution in [0.1, 0.15) is 36.3 Å². The number of H-pyrrole nitrogens is 1. The van der Waals surface area contributed by atoms with E-state index in [4.69, 9.17) is 0 Å². The number of carbonyl (C=O) groups is 2. The van der Waals surface area contributed by atoms with E-state index in [1.54, 1.807) is 30.3 Å². The summed E-state index contributed by atoms with van der Waals surface area (Å²) in [5.74, 6) is -0.699. The minimum absolute atomic E-state index is 0.0535. The second-order valence-electron chi connectivity index (χ2n) is 7.42. The van der Waals surface area contributed by atoms with Gasteiger partial charge in [-0.15, -0.1) is 0 Å². The molecule has 3 aromatic heterocycles. The molecule has 0 spiro atoms. The van der Waals surface area contributed by atoms with Gasteiger partial charge < -0.3 is 10.2 Å². The third-order valence-corrected chi connectivity index (χ3v) is 5.08. The molecular formula is C20H22N6O3. The number of amides is 2. The van der Waals surface area contributed by atoms with E-state index in [0.717, 1.165) is 11.3 Å². The molecule has 3 aromatic rings. The summed E-state index contributed by atoms with van der Waals surface area (Å²) < 4.78 is 1.36. The van der Waals surface area contributed by atoms with Crippen LogP contribution in [-0.2, 0) is 16.1 Å². The van der Waals surface area contributed by atoms with Crippen LogP contribution in [0.3, 0.4) is 0 Å². The van der Waals surface area contributed by atoms with E-state index in [2.05, 4.69) is 20.4 Å². The number of aromatic nitrogens is 4. The molecule has 2 atom stereocenters.